The summed E-state index contributed by atoms with van der Waals surface area (Å²) >= 11 is 0. The molecular weight excluding hydrogens is 242 g/mol. The van der Waals surface area contributed by atoms with Crippen LogP contribution in [0.2, 0.25) is 0 Å². The van der Waals surface area contributed by atoms with Gasteiger partial charge in [-0.1, -0.05) is 0 Å². The Bertz CT molecular complexity index is 449. The van der Waals surface area contributed by atoms with Gasteiger partial charge >= 0.3 is 0 Å². The quantitative estimate of drug-likeness (QED) is 0.740. The molecule has 2 aliphatic heterocycles. The van der Waals surface area contributed by atoms with Crippen molar-refractivity contribution < 1.29 is 4.79 Å². The van der Waals surface area contributed by atoms with Crippen molar-refractivity contribution in [1.82, 2.24) is 20.8 Å². The molecule has 1 aromatic rings. The summed E-state index contributed by atoms with van der Waals surface area (Å²) in [5.41, 5.74) is 0.346. The number of amides is 1. The number of hydrogen-bond acceptors (Lipinski definition) is 5. The van der Waals surface area contributed by atoms with Crippen LogP contribution in [0.4, 0.5) is 5.82 Å². The first-order chi connectivity index (χ1) is 9.24. The predicted octanol–water partition coefficient (Wildman–Crippen LogP) is 0.531. The van der Waals surface area contributed by atoms with Gasteiger partial charge in [-0.25, -0.2) is 0 Å². The summed E-state index contributed by atoms with van der Waals surface area (Å²) in [5, 5.41) is 17.6. The third kappa shape index (κ3) is 2.68. The number of nitrogens with one attached hydrogen (secondary N) is 3. The molecule has 2 saturated heterocycles. The van der Waals surface area contributed by atoms with Crippen LogP contribution in [0, 0.1) is 0 Å². The van der Waals surface area contributed by atoms with E-state index in [2.05, 4.69) is 26.1 Å². The Morgan fingerprint density at radius 2 is 2.00 bits per heavy atom. The molecule has 1 amide bonds. The number of nitrogens with zero attached hydrogens (tertiary/aromatic N) is 2. The molecular formula is C13H19N5O. The molecule has 19 heavy (non-hydrogen) atoms. The van der Waals surface area contributed by atoms with E-state index in [-0.39, 0.29) is 5.91 Å². The van der Waals surface area contributed by atoms with Crippen molar-refractivity contribution in [3.63, 3.8) is 0 Å². The van der Waals surface area contributed by atoms with Gasteiger partial charge in [0.25, 0.3) is 5.91 Å². The van der Waals surface area contributed by atoms with Crippen molar-refractivity contribution in [3.8, 4) is 0 Å². The molecule has 2 bridgehead atoms. The molecule has 2 unspecified atom stereocenters. The minimum Gasteiger partial charge on any atom is -0.366 e. The highest BCUT2D eigenvalue weighted by Gasteiger charge is 2.33. The smallest absolute Gasteiger partial charge is 0.271 e. The maximum atomic E-state index is 11.4. The summed E-state index contributed by atoms with van der Waals surface area (Å²) in [6.45, 7) is 0. The fraction of sp³-hybridized carbons (Fsp3) is 0.615. The Hall–Kier alpha value is -1.69. The number of aromatic nitrogens is 2. The van der Waals surface area contributed by atoms with Gasteiger partial charge in [-0.15, -0.1) is 10.2 Å². The molecule has 0 aliphatic carbocycles. The highest BCUT2D eigenvalue weighted by Crippen LogP contribution is 2.28. The predicted molar refractivity (Wildman–Crippen MR) is 72.0 cm³/mol. The largest absolute Gasteiger partial charge is 0.366 e. The number of anilines is 1. The van der Waals surface area contributed by atoms with Gasteiger partial charge in [0.1, 0.15) is 5.82 Å². The third-order valence-corrected chi connectivity index (χ3v) is 3.95. The molecule has 0 aromatic carbocycles. The molecule has 1 aromatic heterocycles. The third-order valence-electron chi connectivity index (χ3n) is 3.95. The standard InChI is InChI=1S/C13H19N5O/c1-14-13(19)11-4-5-12(18-17-11)16-10-6-8-2-3-9(7-10)15-8/h4-5,8-10,15H,2-3,6-7H2,1H3,(H,14,19)(H,16,18). The Kier molecular flexibility index (Phi) is 3.33. The van der Waals surface area contributed by atoms with Crippen LogP contribution in [-0.4, -0.2) is 41.3 Å². The molecule has 0 saturated carbocycles. The van der Waals surface area contributed by atoms with Crippen LogP contribution in [0.3, 0.4) is 0 Å². The molecule has 2 fully saturated rings. The lowest BCUT2D eigenvalue weighted by Gasteiger charge is -2.29. The summed E-state index contributed by atoms with van der Waals surface area (Å²) < 4.78 is 0. The monoisotopic (exact) mass is 261 g/mol. The van der Waals surface area contributed by atoms with Gasteiger partial charge in [-0.3, -0.25) is 4.79 Å². The molecule has 6 nitrogen and oxygen atoms in total. The normalized spacial score (nSPS) is 29.0. The Balaban J connectivity index is 1.62. The zero-order valence-electron chi connectivity index (χ0n) is 11.0. The van der Waals surface area contributed by atoms with Gasteiger partial charge < -0.3 is 16.0 Å². The maximum Gasteiger partial charge on any atom is 0.271 e. The second-order valence-corrected chi connectivity index (χ2v) is 5.33. The Morgan fingerprint density at radius 3 is 2.58 bits per heavy atom. The minimum absolute atomic E-state index is 0.209. The molecule has 0 radical (unpaired) electrons. The number of hydrogen-bond donors (Lipinski definition) is 3. The molecule has 3 rings (SSSR count). The summed E-state index contributed by atoms with van der Waals surface area (Å²) in [5.74, 6) is 0.540. The van der Waals surface area contributed by atoms with Crippen molar-refractivity contribution in [2.75, 3.05) is 12.4 Å². The van der Waals surface area contributed by atoms with E-state index in [9.17, 15) is 4.79 Å². The van der Waals surface area contributed by atoms with Crippen molar-refractivity contribution in [2.24, 2.45) is 0 Å². The number of rotatable bonds is 3. The van der Waals surface area contributed by atoms with E-state index in [0.717, 1.165) is 18.7 Å². The second kappa shape index (κ2) is 5.13. The van der Waals surface area contributed by atoms with Gasteiger partial charge in [0, 0.05) is 25.2 Å². The molecule has 6 heteroatoms. The average molecular weight is 261 g/mol. The van der Waals surface area contributed by atoms with Gasteiger partial charge in [0.05, 0.1) is 0 Å². The van der Waals surface area contributed by atoms with E-state index in [1.165, 1.54) is 12.8 Å². The molecule has 2 atom stereocenters. The zero-order valence-corrected chi connectivity index (χ0v) is 11.0. The van der Waals surface area contributed by atoms with Gasteiger partial charge in [-0.05, 0) is 37.8 Å². The summed E-state index contributed by atoms with van der Waals surface area (Å²) in [7, 11) is 1.58. The lowest BCUT2D eigenvalue weighted by molar-refractivity contribution is 0.0957. The van der Waals surface area contributed by atoms with Crippen molar-refractivity contribution in [3.05, 3.63) is 17.8 Å². The van der Waals surface area contributed by atoms with Crippen molar-refractivity contribution in [2.45, 2.75) is 43.8 Å². The number of carbonyl (C=O) groups excluding carboxylic acids is 1. The number of piperidine rings is 1. The number of fused-ring (bicyclic) bond motifs is 2. The molecule has 102 valence electrons. The van der Waals surface area contributed by atoms with Crippen LogP contribution in [0.15, 0.2) is 12.1 Å². The highest BCUT2D eigenvalue weighted by atomic mass is 16.1. The van der Waals surface area contributed by atoms with Gasteiger partial charge in [-0.2, -0.15) is 0 Å². The van der Waals surface area contributed by atoms with E-state index >= 15 is 0 Å². The first kappa shape index (κ1) is 12.3. The van der Waals surface area contributed by atoms with Crippen LogP contribution >= 0.6 is 0 Å². The average Bonchev–Trinajstić information content (AvgIpc) is 2.78. The fourth-order valence-electron chi connectivity index (χ4n) is 3.04. The highest BCUT2D eigenvalue weighted by molar-refractivity contribution is 5.91. The lowest BCUT2D eigenvalue weighted by atomic mass is 10.00. The Labute approximate surface area is 112 Å². The summed E-state index contributed by atoms with van der Waals surface area (Å²) in [6.07, 6.45) is 4.83. The maximum absolute atomic E-state index is 11.4. The zero-order chi connectivity index (χ0) is 13.2. The van der Waals surface area contributed by atoms with Gasteiger partial charge in [0.2, 0.25) is 0 Å². The lowest BCUT2D eigenvalue weighted by Crippen LogP contribution is -2.43. The summed E-state index contributed by atoms with van der Waals surface area (Å²) in [4.78, 5) is 11.4. The van der Waals surface area contributed by atoms with E-state index < -0.39 is 0 Å². The van der Waals surface area contributed by atoms with Crippen LogP contribution in [0.5, 0.6) is 0 Å². The van der Waals surface area contributed by atoms with Crippen LogP contribution in [0.25, 0.3) is 0 Å². The molecule has 3 heterocycles. The molecule has 3 N–H and O–H groups in total. The fourth-order valence-corrected chi connectivity index (χ4v) is 3.04. The molecule has 2 aliphatic rings. The second-order valence-electron chi connectivity index (χ2n) is 5.33. The Morgan fingerprint density at radius 1 is 1.26 bits per heavy atom. The van der Waals surface area contributed by atoms with Gasteiger partial charge in [0.15, 0.2) is 5.69 Å². The van der Waals surface area contributed by atoms with Crippen molar-refractivity contribution >= 4 is 11.7 Å². The van der Waals surface area contributed by atoms with E-state index in [4.69, 9.17) is 0 Å². The van der Waals surface area contributed by atoms with E-state index in [0.29, 0.717) is 23.8 Å². The summed E-state index contributed by atoms with van der Waals surface area (Å²) in [6, 6.07) is 5.27. The SMILES string of the molecule is CNC(=O)c1ccc(NC2CC3CCC(C2)N3)nn1. The van der Waals surface area contributed by atoms with Crippen LogP contribution < -0.4 is 16.0 Å². The number of carbonyl (C=O) groups is 1. The first-order valence-electron chi connectivity index (χ1n) is 6.83. The topological polar surface area (TPSA) is 78.9 Å². The van der Waals surface area contributed by atoms with Crippen LogP contribution in [-0.2, 0) is 0 Å². The molecule has 0 spiro atoms. The van der Waals surface area contributed by atoms with E-state index in [1.54, 1.807) is 13.1 Å². The van der Waals surface area contributed by atoms with Crippen LogP contribution in [0.1, 0.15) is 36.2 Å². The van der Waals surface area contributed by atoms with Crippen molar-refractivity contribution in [1.29, 1.82) is 0 Å². The van der Waals surface area contributed by atoms with E-state index in [1.807, 2.05) is 6.07 Å². The minimum atomic E-state index is -0.209. The first-order valence-corrected chi connectivity index (χ1v) is 6.83.